The largest absolute Gasteiger partial charge is 0.358 e. The molecular weight excluding hydrogens is 210 g/mol. The molecule has 1 spiro atoms. The minimum absolute atomic E-state index is 0.0258. The van der Waals surface area contributed by atoms with Gasteiger partial charge in [-0.3, -0.25) is 5.32 Å². The van der Waals surface area contributed by atoms with Gasteiger partial charge in [0, 0.05) is 6.54 Å². The van der Waals surface area contributed by atoms with Crippen LogP contribution in [0.15, 0.2) is 0 Å². The van der Waals surface area contributed by atoms with Gasteiger partial charge in [0.25, 0.3) is 0 Å². The molecule has 2 rings (SSSR count). The first-order valence-corrected chi connectivity index (χ1v) is 7.40. The molecule has 0 radical (unpaired) electrons. The molecule has 0 bridgehead atoms. The van der Waals surface area contributed by atoms with E-state index in [1.54, 1.807) is 0 Å². The molecule has 1 unspecified atom stereocenters. The maximum Gasteiger partial charge on any atom is 0.119 e. The first-order chi connectivity index (χ1) is 7.97. The Bertz CT molecular complexity index is 254. The molecule has 0 amide bonds. The highest BCUT2D eigenvalue weighted by molar-refractivity contribution is 4.92. The van der Waals surface area contributed by atoms with Gasteiger partial charge in [-0.25, -0.2) is 0 Å². The van der Waals surface area contributed by atoms with E-state index in [-0.39, 0.29) is 5.72 Å². The minimum atomic E-state index is 0.0258. The average molecular weight is 239 g/mol. The van der Waals surface area contributed by atoms with Gasteiger partial charge in [0.2, 0.25) is 0 Å². The van der Waals surface area contributed by atoms with Gasteiger partial charge in [0.15, 0.2) is 0 Å². The van der Waals surface area contributed by atoms with E-state index in [0.29, 0.717) is 11.5 Å². The fraction of sp³-hybridized carbons (Fsp3) is 1.00. The fourth-order valence-electron chi connectivity index (χ4n) is 3.44. The summed E-state index contributed by atoms with van der Waals surface area (Å²) in [5, 5.41) is 3.63. The number of hydrogen-bond donors (Lipinski definition) is 1. The summed E-state index contributed by atoms with van der Waals surface area (Å²) in [5.41, 5.74) is 0.528. The maximum atomic E-state index is 6.20. The normalized spacial score (nSPS) is 39.5. The molecule has 1 N–H and O–H groups in total. The molecule has 2 nitrogen and oxygen atoms in total. The fourth-order valence-corrected chi connectivity index (χ4v) is 3.44. The van der Waals surface area contributed by atoms with Gasteiger partial charge in [-0.2, -0.15) is 0 Å². The number of ether oxygens (including phenoxy) is 1. The van der Waals surface area contributed by atoms with E-state index in [1.807, 2.05) is 0 Å². The summed E-state index contributed by atoms with van der Waals surface area (Å²) in [5.74, 6) is 0.876. The zero-order valence-corrected chi connectivity index (χ0v) is 12.0. The van der Waals surface area contributed by atoms with E-state index in [0.717, 1.165) is 18.9 Å². The Morgan fingerprint density at radius 3 is 2.41 bits per heavy atom. The third-order valence-corrected chi connectivity index (χ3v) is 5.23. The highest BCUT2D eigenvalue weighted by atomic mass is 16.5. The average Bonchev–Trinajstić information content (AvgIpc) is 2.29. The second-order valence-electron chi connectivity index (χ2n) is 6.75. The Kier molecular flexibility index (Phi) is 3.84. The topological polar surface area (TPSA) is 21.3 Å². The van der Waals surface area contributed by atoms with Crippen molar-refractivity contribution >= 4 is 0 Å². The van der Waals surface area contributed by atoms with Crippen molar-refractivity contribution in [3.8, 4) is 0 Å². The van der Waals surface area contributed by atoms with Crippen LogP contribution < -0.4 is 5.32 Å². The summed E-state index contributed by atoms with van der Waals surface area (Å²) in [4.78, 5) is 0. The van der Waals surface area contributed by atoms with E-state index in [4.69, 9.17) is 4.74 Å². The van der Waals surface area contributed by atoms with Crippen molar-refractivity contribution in [1.29, 1.82) is 0 Å². The van der Waals surface area contributed by atoms with Crippen LogP contribution in [0, 0.1) is 11.3 Å². The van der Waals surface area contributed by atoms with Crippen molar-refractivity contribution in [3.63, 3.8) is 0 Å². The predicted molar refractivity (Wildman–Crippen MR) is 71.9 cm³/mol. The lowest BCUT2D eigenvalue weighted by molar-refractivity contribution is -0.162. The van der Waals surface area contributed by atoms with Gasteiger partial charge in [-0.15, -0.1) is 0 Å². The van der Waals surface area contributed by atoms with Crippen molar-refractivity contribution in [1.82, 2.24) is 5.32 Å². The maximum absolute atomic E-state index is 6.20. The zero-order valence-electron chi connectivity index (χ0n) is 12.0. The van der Waals surface area contributed by atoms with Crippen LogP contribution in [-0.2, 0) is 4.74 Å². The molecule has 1 saturated carbocycles. The molecule has 1 aliphatic carbocycles. The first kappa shape index (κ1) is 13.4. The lowest BCUT2D eigenvalue weighted by Crippen LogP contribution is -2.56. The van der Waals surface area contributed by atoms with Gasteiger partial charge in [-0.1, -0.05) is 27.2 Å². The lowest BCUT2D eigenvalue weighted by Gasteiger charge is -2.48. The molecule has 100 valence electrons. The van der Waals surface area contributed by atoms with E-state index in [1.165, 1.54) is 32.1 Å². The molecule has 2 aliphatic rings. The molecule has 1 aliphatic heterocycles. The molecule has 17 heavy (non-hydrogen) atoms. The van der Waals surface area contributed by atoms with Crippen LogP contribution in [0.2, 0.25) is 0 Å². The standard InChI is InChI=1S/C15H29NO/c1-5-14(3,4)13-6-9-15(10-7-13)16-11-8-12(2)17-15/h12-13,16H,5-11H2,1-4H3. The molecule has 0 aromatic carbocycles. The highest BCUT2D eigenvalue weighted by Gasteiger charge is 2.42. The molecule has 0 aromatic rings. The van der Waals surface area contributed by atoms with Gasteiger partial charge in [0.1, 0.15) is 5.72 Å². The Morgan fingerprint density at radius 2 is 1.88 bits per heavy atom. The zero-order chi connectivity index (χ0) is 12.5. The van der Waals surface area contributed by atoms with Gasteiger partial charge in [-0.05, 0) is 50.4 Å². The van der Waals surface area contributed by atoms with Crippen LogP contribution in [-0.4, -0.2) is 18.4 Å². The summed E-state index contributed by atoms with van der Waals surface area (Å²) < 4.78 is 6.20. The van der Waals surface area contributed by atoms with Crippen LogP contribution in [0.25, 0.3) is 0 Å². The van der Waals surface area contributed by atoms with Crippen LogP contribution in [0.3, 0.4) is 0 Å². The Morgan fingerprint density at radius 1 is 1.24 bits per heavy atom. The highest BCUT2D eigenvalue weighted by Crippen LogP contribution is 2.44. The molecule has 2 heteroatoms. The monoisotopic (exact) mass is 239 g/mol. The molecule has 1 atom stereocenters. The van der Waals surface area contributed by atoms with E-state index < -0.39 is 0 Å². The quantitative estimate of drug-likeness (QED) is 0.793. The number of hydrogen-bond acceptors (Lipinski definition) is 2. The summed E-state index contributed by atoms with van der Waals surface area (Å²) in [6.07, 6.45) is 7.92. The first-order valence-electron chi connectivity index (χ1n) is 7.40. The van der Waals surface area contributed by atoms with Gasteiger partial charge < -0.3 is 4.74 Å². The predicted octanol–water partition coefficient (Wildman–Crippen LogP) is 3.71. The van der Waals surface area contributed by atoms with Crippen molar-refractivity contribution < 1.29 is 4.74 Å². The third-order valence-electron chi connectivity index (χ3n) is 5.23. The number of nitrogens with one attached hydrogen (secondary N) is 1. The second-order valence-corrected chi connectivity index (χ2v) is 6.75. The molecule has 1 heterocycles. The molecular formula is C15H29NO. The van der Waals surface area contributed by atoms with E-state index in [2.05, 4.69) is 33.0 Å². The minimum Gasteiger partial charge on any atom is -0.358 e. The summed E-state index contributed by atoms with van der Waals surface area (Å²) in [7, 11) is 0. The van der Waals surface area contributed by atoms with E-state index in [9.17, 15) is 0 Å². The third kappa shape index (κ3) is 2.85. The summed E-state index contributed by atoms with van der Waals surface area (Å²) >= 11 is 0. The molecule has 2 fully saturated rings. The number of rotatable bonds is 2. The Balaban J connectivity index is 1.93. The van der Waals surface area contributed by atoms with E-state index >= 15 is 0 Å². The summed E-state index contributed by atoms with van der Waals surface area (Å²) in [6, 6.07) is 0. The smallest absolute Gasteiger partial charge is 0.119 e. The van der Waals surface area contributed by atoms with Crippen LogP contribution in [0.1, 0.15) is 66.2 Å². The molecule has 1 saturated heterocycles. The van der Waals surface area contributed by atoms with Crippen molar-refractivity contribution in [2.24, 2.45) is 11.3 Å². The second kappa shape index (κ2) is 4.89. The van der Waals surface area contributed by atoms with Crippen molar-refractivity contribution in [2.75, 3.05) is 6.54 Å². The lowest BCUT2D eigenvalue weighted by atomic mass is 9.68. The van der Waals surface area contributed by atoms with Gasteiger partial charge in [0.05, 0.1) is 6.10 Å². The Labute approximate surface area is 107 Å². The van der Waals surface area contributed by atoms with Crippen LogP contribution in [0.4, 0.5) is 0 Å². The van der Waals surface area contributed by atoms with Crippen LogP contribution in [0.5, 0.6) is 0 Å². The van der Waals surface area contributed by atoms with Gasteiger partial charge >= 0.3 is 0 Å². The van der Waals surface area contributed by atoms with Crippen molar-refractivity contribution in [3.05, 3.63) is 0 Å². The SMILES string of the molecule is CCC(C)(C)C1CCC2(CC1)NCCC(C)O2. The summed E-state index contributed by atoms with van der Waals surface area (Å²) in [6.45, 7) is 10.5. The molecule has 0 aromatic heterocycles. The van der Waals surface area contributed by atoms with Crippen LogP contribution >= 0.6 is 0 Å². The van der Waals surface area contributed by atoms with Crippen molar-refractivity contribution in [2.45, 2.75) is 78.0 Å². The Hall–Kier alpha value is -0.0800.